The summed E-state index contributed by atoms with van der Waals surface area (Å²) in [6.07, 6.45) is 5.98. The Hall–Kier alpha value is -1.07. The molecule has 2 rings (SSSR count). The maximum atomic E-state index is 5.99. The van der Waals surface area contributed by atoms with Gasteiger partial charge in [-0.05, 0) is 18.6 Å². The third-order valence-electron chi connectivity index (χ3n) is 2.29. The molecule has 90 valence electrons. The number of nitrogens with zero attached hydrogens (tertiary/aromatic N) is 2. The van der Waals surface area contributed by atoms with Gasteiger partial charge in [-0.15, -0.1) is 0 Å². The number of aromatic nitrogens is 2. The fourth-order valence-corrected chi connectivity index (χ4v) is 3.49. The van der Waals surface area contributed by atoms with Gasteiger partial charge in [0.25, 0.3) is 0 Å². The Morgan fingerprint density at radius 2 is 2.35 bits per heavy atom. The van der Waals surface area contributed by atoms with Crippen molar-refractivity contribution >= 4 is 28.1 Å². The van der Waals surface area contributed by atoms with E-state index in [1.807, 2.05) is 12.1 Å². The van der Waals surface area contributed by atoms with E-state index >= 15 is 0 Å². The van der Waals surface area contributed by atoms with Crippen molar-refractivity contribution in [1.82, 2.24) is 9.97 Å². The molecule has 0 aliphatic carbocycles. The molecular weight excluding hydrogens is 250 g/mol. The molecule has 5 heteroatoms. The minimum absolute atomic E-state index is 0.775. The summed E-state index contributed by atoms with van der Waals surface area (Å²) in [7, 11) is 0. The maximum absolute atomic E-state index is 5.99. The van der Waals surface area contributed by atoms with Gasteiger partial charge in [0.15, 0.2) is 4.34 Å². The number of pyridine rings is 1. The third-order valence-corrected chi connectivity index (χ3v) is 4.41. The van der Waals surface area contributed by atoms with Crippen molar-refractivity contribution in [2.75, 3.05) is 11.5 Å². The van der Waals surface area contributed by atoms with Crippen molar-refractivity contribution in [3.8, 4) is 11.3 Å². The smallest absolute Gasteiger partial charge is 0.152 e. The molecule has 0 aliphatic heterocycles. The van der Waals surface area contributed by atoms with Crippen LogP contribution in [-0.4, -0.2) is 15.7 Å². The summed E-state index contributed by atoms with van der Waals surface area (Å²) in [5, 5.41) is 0.775. The molecule has 0 saturated heterocycles. The molecule has 0 atom stereocenters. The fraction of sp³-hybridized carbons (Fsp3) is 0.333. The molecule has 2 N–H and O–H groups in total. The quantitative estimate of drug-likeness (QED) is 0.662. The fourth-order valence-electron chi connectivity index (χ4n) is 1.39. The van der Waals surface area contributed by atoms with E-state index in [-0.39, 0.29) is 0 Å². The molecule has 0 aromatic carbocycles. The highest BCUT2D eigenvalue weighted by Crippen LogP contribution is 2.35. The number of thiazole rings is 1. The van der Waals surface area contributed by atoms with Crippen LogP contribution in [0.25, 0.3) is 11.3 Å². The molecule has 0 radical (unpaired) electrons. The monoisotopic (exact) mass is 265 g/mol. The molecule has 0 spiro atoms. The Morgan fingerprint density at radius 1 is 1.47 bits per heavy atom. The second-order valence-electron chi connectivity index (χ2n) is 3.64. The van der Waals surface area contributed by atoms with E-state index in [2.05, 4.69) is 16.9 Å². The minimum Gasteiger partial charge on any atom is -0.389 e. The van der Waals surface area contributed by atoms with E-state index in [0.29, 0.717) is 0 Å². The molecule has 0 amide bonds. The summed E-state index contributed by atoms with van der Waals surface area (Å²) in [5.74, 6) is 1.11. The van der Waals surface area contributed by atoms with E-state index in [1.165, 1.54) is 12.8 Å². The standard InChI is InChI=1S/C12H15N3S2/c1-2-3-7-16-12-15-10(11(13)17-12)9-5-4-6-14-8-9/h4-6,8H,2-3,7,13H2,1H3. The lowest BCUT2D eigenvalue weighted by Crippen LogP contribution is -1.86. The zero-order chi connectivity index (χ0) is 12.1. The summed E-state index contributed by atoms with van der Waals surface area (Å²) in [6.45, 7) is 2.19. The van der Waals surface area contributed by atoms with Crippen LogP contribution in [0.2, 0.25) is 0 Å². The van der Waals surface area contributed by atoms with Crippen molar-refractivity contribution in [2.45, 2.75) is 24.1 Å². The molecule has 0 fully saturated rings. The lowest BCUT2D eigenvalue weighted by molar-refractivity contribution is 0.896. The van der Waals surface area contributed by atoms with Crippen LogP contribution in [0.15, 0.2) is 28.9 Å². The van der Waals surface area contributed by atoms with Gasteiger partial charge in [-0.2, -0.15) is 0 Å². The van der Waals surface area contributed by atoms with Gasteiger partial charge < -0.3 is 5.73 Å². The van der Waals surface area contributed by atoms with Crippen LogP contribution >= 0.6 is 23.1 Å². The summed E-state index contributed by atoms with van der Waals surface area (Å²) < 4.78 is 1.05. The molecule has 2 aromatic rings. The molecule has 2 aromatic heterocycles. The van der Waals surface area contributed by atoms with Crippen LogP contribution in [0.4, 0.5) is 5.00 Å². The lowest BCUT2D eigenvalue weighted by Gasteiger charge is -1.96. The van der Waals surface area contributed by atoms with Crippen LogP contribution in [-0.2, 0) is 0 Å². The van der Waals surface area contributed by atoms with Crippen molar-refractivity contribution in [3.63, 3.8) is 0 Å². The average molecular weight is 265 g/mol. The first-order valence-electron chi connectivity index (χ1n) is 5.60. The summed E-state index contributed by atoms with van der Waals surface area (Å²) in [5.41, 5.74) is 7.85. The first-order valence-corrected chi connectivity index (χ1v) is 7.41. The zero-order valence-electron chi connectivity index (χ0n) is 9.72. The Morgan fingerprint density at radius 3 is 3.06 bits per heavy atom. The maximum Gasteiger partial charge on any atom is 0.152 e. The Balaban J connectivity index is 2.14. The number of hydrogen-bond acceptors (Lipinski definition) is 5. The molecule has 3 nitrogen and oxygen atoms in total. The van der Waals surface area contributed by atoms with Gasteiger partial charge in [-0.1, -0.05) is 36.4 Å². The predicted molar refractivity (Wildman–Crippen MR) is 75.4 cm³/mol. The van der Waals surface area contributed by atoms with Gasteiger partial charge in [0.1, 0.15) is 10.7 Å². The van der Waals surface area contributed by atoms with Gasteiger partial charge in [-0.3, -0.25) is 4.98 Å². The van der Waals surface area contributed by atoms with E-state index in [4.69, 9.17) is 5.73 Å². The molecule has 17 heavy (non-hydrogen) atoms. The second kappa shape index (κ2) is 6.02. The number of hydrogen-bond donors (Lipinski definition) is 1. The number of nitrogen functional groups attached to an aromatic ring is 1. The first kappa shape index (κ1) is 12.4. The van der Waals surface area contributed by atoms with Crippen molar-refractivity contribution in [2.24, 2.45) is 0 Å². The Labute approximate surface area is 109 Å². The number of anilines is 1. The van der Waals surface area contributed by atoms with E-state index in [1.54, 1.807) is 35.5 Å². The summed E-state index contributed by atoms with van der Waals surface area (Å²) in [4.78, 5) is 8.66. The summed E-state index contributed by atoms with van der Waals surface area (Å²) >= 11 is 3.34. The van der Waals surface area contributed by atoms with Crippen molar-refractivity contribution < 1.29 is 0 Å². The van der Waals surface area contributed by atoms with Crippen molar-refractivity contribution in [1.29, 1.82) is 0 Å². The van der Waals surface area contributed by atoms with Gasteiger partial charge in [-0.25, -0.2) is 4.98 Å². The predicted octanol–water partition coefficient (Wildman–Crippen LogP) is 3.68. The van der Waals surface area contributed by atoms with Crippen LogP contribution in [0.1, 0.15) is 19.8 Å². The van der Waals surface area contributed by atoms with Crippen LogP contribution < -0.4 is 5.73 Å². The summed E-state index contributed by atoms with van der Waals surface area (Å²) in [6, 6.07) is 3.89. The third kappa shape index (κ3) is 3.20. The topological polar surface area (TPSA) is 51.8 Å². The highest BCUT2D eigenvalue weighted by molar-refractivity contribution is 8.01. The second-order valence-corrected chi connectivity index (χ2v) is 6.01. The lowest BCUT2D eigenvalue weighted by atomic mass is 10.2. The van der Waals surface area contributed by atoms with E-state index in [0.717, 1.165) is 26.4 Å². The average Bonchev–Trinajstić information content (AvgIpc) is 2.72. The Kier molecular flexibility index (Phi) is 4.39. The van der Waals surface area contributed by atoms with Crippen LogP contribution in [0, 0.1) is 0 Å². The number of rotatable bonds is 5. The van der Waals surface area contributed by atoms with Gasteiger partial charge in [0.05, 0.1) is 0 Å². The van der Waals surface area contributed by atoms with Gasteiger partial charge in [0, 0.05) is 23.7 Å². The zero-order valence-corrected chi connectivity index (χ0v) is 11.4. The van der Waals surface area contributed by atoms with Gasteiger partial charge >= 0.3 is 0 Å². The highest BCUT2D eigenvalue weighted by Gasteiger charge is 2.10. The number of unbranched alkanes of at least 4 members (excludes halogenated alkanes) is 1. The molecule has 0 bridgehead atoms. The number of thioether (sulfide) groups is 1. The molecular formula is C12H15N3S2. The normalized spacial score (nSPS) is 10.6. The molecule has 0 saturated carbocycles. The Bertz CT molecular complexity index is 468. The van der Waals surface area contributed by atoms with Crippen LogP contribution in [0.5, 0.6) is 0 Å². The molecule has 0 aliphatic rings. The molecule has 2 heterocycles. The molecule has 0 unspecified atom stereocenters. The highest BCUT2D eigenvalue weighted by atomic mass is 32.2. The first-order chi connectivity index (χ1) is 8.31. The SMILES string of the molecule is CCCCSc1nc(-c2cccnc2)c(N)s1. The van der Waals surface area contributed by atoms with E-state index < -0.39 is 0 Å². The van der Waals surface area contributed by atoms with Crippen LogP contribution in [0.3, 0.4) is 0 Å². The van der Waals surface area contributed by atoms with Gasteiger partial charge in [0.2, 0.25) is 0 Å². The largest absolute Gasteiger partial charge is 0.389 e. The van der Waals surface area contributed by atoms with E-state index in [9.17, 15) is 0 Å². The number of nitrogens with two attached hydrogens (primary N) is 1. The minimum atomic E-state index is 0.775. The van der Waals surface area contributed by atoms with Crippen molar-refractivity contribution in [3.05, 3.63) is 24.5 Å².